The second-order valence-corrected chi connectivity index (χ2v) is 9.49. The minimum atomic E-state index is -0.735. The summed E-state index contributed by atoms with van der Waals surface area (Å²) in [4.78, 5) is 25.7. The van der Waals surface area contributed by atoms with E-state index >= 15 is 0 Å². The van der Waals surface area contributed by atoms with Crippen LogP contribution in [0.3, 0.4) is 0 Å². The Kier molecular flexibility index (Phi) is 11.7. The van der Waals surface area contributed by atoms with Crippen molar-refractivity contribution in [2.75, 3.05) is 5.32 Å². The molecule has 4 aromatic rings. The summed E-state index contributed by atoms with van der Waals surface area (Å²) in [6, 6.07) is 16.1. The number of hydrogen-bond donors (Lipinski definition) is 2. The van der Waals surface area contributed by atoms with Crippen LogP contribution in [0.4, 0.5) is 5.82 Å². The van der Waals surface area contributed by atoms with Gasteiger partial charge in [0, 0.05) is 29.5 Å². The van der Waals surface area contributed by atoms with Crippen LogP contribution in [0.1, 0.15) is 45.7 Å². The van der Waals surface area contributed by atoms with Crippen LogP contribution < -0.4 is 5.32 Å². The fraction of sp³-hybridized carbons (Fsp3) is 0.212. The number of pyridine rings is 2. The van der Waals surface area contributed by atoms with Crippen molar-refractivity contribution in [3.05, 3.63) is 116 Å². The van der Waals surface area contributed by atoms with Gasteiger partial charge in [0.05, 0.1) is 5.41 Å². The van der Waals surface area contributed by atoms with E-state index in [1.165, 1.54) is 0 Å². The van der Waals surface area contributed by atoms with Gasteiger partial charge in [-0.15, -0.1) is 5.57 Å². The number of amides is 1. The Morgan fingerprint density at radius 2 is 1.77 bits per heavy atom. The Balaban J connectivity index is 0.00000267. The van der Waals surface area contributed by atoms with Crippen molar-refractivity contribution in [2.24, 2.45) is 5.92 Å². The van der Waals surface area contributed by atoms with Gasteiger partial charge < -0.3 is 17.7 Å². The molecule has 0 aliphatic carbocycles. The van der Waals surface area contributed by atoms with Crippen molar-refractivity contribution in [2.45, 2.75) is 40.0 Å². The second-order valence-electron chi connectivity index (χ2n) is 9.49. The van der Waals surface area contributed by atoms with Gasteiger partial charge in [-0.05, 0) is 54.7 Å². The van der Waals surface area contributed by atoms with Crippen molar-refractivity contribution in [1.82, 2.24) is 15.0 Å². The summed E-state index contributed by atoms with van der Waals surface area (Å²) in [7, 11) is 0. The number of H-pyrrole nitrogens is 1. The summed E-state index contributed by atoms with van der Waals surface area (Å²) in [5.41, 5.74) is 5.21. The predicted octanol–water partition coefficient (Wildman–Crippen LogP) is 7.97. The van der Waals surface area contributed by atoms with E-state index in [2.05, 4.69) is 58.4 Å². The summed E-state index contributed by atoms with van der Waals surface area (Å²) in [5.74, 6) is 0.514. The topological polar surface area (TPSA) is 70.7 Å². The maximum absolute atomic E-state index is 13.6. The van der Waals surface area contributed by atoms with Crippen LogP contribution in [0.5, 0.6) is 0 Å². The van der Waals surface area contributed by atoms with E-state index < -0.39 is 5.41 Å². The van der Waals surface area contributed by atoms with Crippen LogP contribution in [0, 0.1) is 50.5 Å². The molecule has 1 amide bonds. The van der Waals surface area contributed by atoms with Gasteiger partial charge in [0.25, 0.3) is 0 Å². The van der Waals surface area contributed by atoms with Crippen molar-refractivity contribution < 1.29 is 35.9 Å². The average Bonchev–Trinajstić information content (AvgIpc) is 3.39. The van der Waals surface area contributed by atoms with Crippen LogP contribution in [0.2, 0.25) is 0 Å². The summed E-state index contributed by atoms with van der Waals surface area (Å²) in [5, 5.41) is 4.11. The number of allylic oxidation sites excluding steroid dienone is 6. The van der Waals surface area contributed by atoms with E-state index in [0.29, 0.717) is 5.82 Å². The van der Waals surface area contributed by atoms with Gasteiger partial charge in [-0.2, -0.15) is 6.08 Å². The quantitative estimate of drug-likeness (QED) is 0.142. The first-order valence-corrected chi connectivity index (χ1v) is 12.6. The van der Waals surface area contributed by atoms with E-state index in [1.54, 1.807) is 6.20 Å². The minimum Gasteiger partial charge on any atom is -0.358 e. The van der Waals surface area contributed by atoms with Crippen LogP contribution in [0.25, 0.3) is 27.7 Å². The molecule has 0 saturated heterocycles. The Morgan fingerprint density at radius 1 is 1.03 bits per heavy atom. The molecule has 1 aromatic carbocycles. The second kappa shape index (κ2) is 14.3. The maximum atomic E-state index is 13.6. The smallest absolute Gasteiger partial charge is 0.358 e. The van der Waals surface area contributed by atoms with Gasteiger partial charge in [0.1, 0.15) is 11.5 Å². The molecule has 0 spiro atoms. The molecule has 3 aromatic heterocycles. The zero-order chi connectivity index (χ0) is 26.4. The van der Waals surface area contributed by atoms with Crippen LogP contribution >= 0.6 is 0 Å². The molecule has 6 heteroatoms. The third-order valence-electron chi connectivity index (χ3n) is 7.02. The fourth-order valence-corrected chi connectivity index (χ4v) is 4.31. The zero-order valence-corrected chi connectivity index (χ0v) is 27.7. The molecule has 1 unspecified atom stereocenters. The van der Waals surface area contributed by atoms with E-state index in [-0.39, 0.29) is 50.4 Å². The molecule has 39 heavy (non-hydrogen) atoms. The molecular weight excluding hydrogens is 706 g/mol. The molecule has 0 bridgehead atoms. The number of aromatic amines is 1. The van der Waals surface area contributed by atoms with Crippen LogP contribution in [-0.2, 0) is 10.2 Å². The van der Waals surface area contributed by atoms with Gasteiger partial charge in [0.2, 0.25) is 5.91 Å². The normalized spacial score (nSPS) is 13.3. The Bertz CT molecular complexity index is 1460. The molecule has 198 valence electrons. The first kappa shape index (κ1) is 32.0. The molecule has 0 radical (unpaired) electrons. The first-order chi connectivity index (χ1) is 17.9. The Morgan fingerprint density at radius 3 is 2.38 bits per heavy atom. The molecule has 0 aliphatic heterocycles. The van der Waals surface area contributed by atoms with E-state index in [0.717, 1.165) is 38.9 Å². The minimum absolute atomic E-state index is 0. The summed E-state index contributed by atoms with van der Waals surface area (Å²) in [6.07, 6.45) is 16.3. The van der Waals surface area contributed by atoms with Crippen LogP contribution in [-0.4, -0.2) is 20.9 Å². The monoisotopic (exact) mass is 742 g/mol. The van der Waals surface area contributed by atoms with Crippen molar-refractivity contribution in [3.63, 3.8) is 0 Å². The number of fused-ring (bicyclic) bond motifs is 1. The summed E-state index contributed by atoms with van der Waals surface area (Å²) >= 11 is 0. The first-order valence-electron chi connectivity index (χ1n) is 12.6. The number of hydrogen-bond acceptors (Lipinski definition) is 3. The van der Waals surface area contributed by atoms with Crippen molar-refractivity contribution >= 4 is 28.3 Å². The fourth-order valence-electron chi connectivity index (χ4n) is 4.31. The molecule has 0 aliphatic rings. The largest absolute Gasteiger partial charge is 2.00 e. The van der Waals surface area contributed by atoms with E-state index in [9.17, 15) is 4.79 Å². The van der Waals surface area contributed by atoms with E-state index in [1.807, 2.05) is 87.8 Å². The third-order valence-corrected chi connectivity index (χ3v) is 7.02. The Hall–Kier alpha value is -3.20. The number of nitrogens with one attached hydrogen (secondary N) is 2. The molecule has 3 heterocycles. The number of carbonyl (C=O) groups excluding carboxylic acids is 1. The van der Waals surface area contributed by atoms with Crippen molar-refractivity contribution in [1.29, 1.82) is 0 Å². The number of rotatable bonds is 8. The molecule has 5 nitrogen and oxygen atoms in total. The molecule has 4 rings (SSSR count). The van der Waals surface area contributed by atoms with Gasteiger partial charge in [0.15, 0.2) is 0 Å². The number of aromatic nitrogens is 3. The number of nitrogens with zero attached hydrogens (tertiary/aromatic N) is 2. The maximum Gasteiger partial charge on any atom is 2.00 e. The number of benzene rings is 1. The zero-order valence-electron chi connectivity index (χ0n) is 23.5. The standard InChI is InChI=1S/C32H33N4O.CH3.U/c1-6-8-9-10-23(7-2)26-13-16-29(34-20-26)36-31(37)32(5,22(3)4)28-14-11-24(12-15-28)27-19-25-17-18-33-30(25)35-21-27;;/h6-7,9-22H,1-5H3,(H,33,35)(H,34,36,37);1H3;/q2*-1;+2/b10-9-,23-7+;;. The Labute approximate surface area is 256 Å². The summed E-state index contributed by atoms with van der Waals surface area (Å²) < 4.78 is 0. The SMILES string of the molecule is CC=[C-]/C=C\C(=C/C)c1ccc(NC(=O)C(C)(c2ccc(-c3cnc4[nH]ccc4c3)cc2)C(C)C)nc1.[CH3-].[U+2]. The number of carbonyl (C=O) groups is 1. The third kappa shape index (κ3) is 7.07. The molecule has 0 fully saturated rings. The predicted molar refractivity (Wildman–Crippen MR) is 159 cm³/mol. The van der Waals surface area contributed by atoms with Gasteiger partial charge in [-0.3, -0.25) is 10.9 Å². The van der Waals surface area contributed by atoms with Crippen molar-refractivity contribution in [3.8, 4) is 11.1 Å². The van der Waals surface area contributed by atoms with Gasteiger partial charge >= 0.3 is 31.1 Å². The van der Waals surface area contributed by atoms with E-state index in [4.69, 9.17) is 0 Å². The molecular formula is C33H36N4OU. The van der Waals surface area contributed by atoms with Gasteiger partial charge in [-0.1, -0.05) is 57.2 Å². The average molecular weight is 743 g/mol. The number of anilines is 1. The van der Waals surface area contributed by atoms with Gasteiger partial charge in [-0.25, -0.2) is 22.1 Å². The van der Waals surface area contributed by atoms with Crippen LogP contribution in [0.15, 0.2) is 91.4 Å². The molecule has 2 N–H and O–H groups in total. The molecule has 0 saturated carbocycles. The molecule has 1 atom stereocenters. The summed E-state index contributed by atoms with van der Waals surface area (Å²) in [6.45, 7) is 10.0.